The van der Waals surface area contributed by atoms with Gasteiger partial charge in [-0.25, -0.2) is 0 Å². The Bertz CT molecular complexity index is 701. The molecule has 0 radical (unpaired) electrons. The van der Waals surface area contributed by atoms with E-state index in [1.54, 1.807) is 0 Å². The van der Waals surface area contributed by atoms with Crippen LogP contribution in [0.25, 0.3) is 10.1 Å². The van der Waals surface area contributed by atoms with Gasteiger partial charge in [0.2, 0.25) is 0 Å². The Morgan fingerprint density at radius 1 is 1.15 bits per heavy atom. The van der Waals surface area contributed by atoms with Crippen molar-refractivity contribution in [3.05, 3.63) is 56.0 Å². The van der Waals surface area contributed by atoms with Crippen LogP contribution in [-0.2, 0) is 0 Å². The SMILES string of the molecule is CCCNC(c1sccc1Br)c1cccc2ccsc12. The van der Waals surface area contributed by atoms with Gasteiger partial charge in [-0.05, 0) is 62.7 Å². The Balaban J connectivity index is 2.09. The summed E-state index contributed by atoms with van der Waals surface area (Å²) in [6, 6.07) is 11.2. The highest BCUT2D eigenvalue weighted by Gasteiger charge is 2.20. The molecule has 0 spiro atoms. The van der Waals surface area contributed by atoms with Crippen molar-refractivity contribution >= 4 is 48.7 Å². The molecule has 4 heteroatoms. The van der Waals surface area contributed by atoms with Crippen LogP contribution in [0.5, 0.6) is 0 Å². The van der Waals surface area contributed by atoms with E-state index >= 15 is 0 Å². The fourth-order valence-electron chi connectivity index (χ4n) is 2.39. The molecule has 0 amide bonds. The van der Waals surface area contributed by atoms with Gasteiger partial charge in [0.05, 0.1) is 6.04 Å². The van der Waals surface area contributed by atoms with E-state index in [-0.39, 0.29) is 6.04 Å². The van der Waals surface area contributed by atoms with E-state index in [2.05, 4.69) is 69.3 Å². The molecule has 0 fully saturated rings. The van der Waals surface area contributed by atoms with E-state index in [1.807, 2.05) is 22.7 Å². The van der Waals surface area contributed by atoms with Crippen molar-refractivity contribution in [1.29, 1.82) is 0 Å². The highest BCUT2D eigenvalue weighted by Crippen LogP contribution is 2.37. The second-order valence-electron chi connectivity index (χ2n) is 4.71. The van der Waals surface area contributed by atoms with Gasteiger partial charge < -0.3 is 5.32 Å². The van der Waals surface area contributed by atoms with Crippen molar-refractivity contribution < 1.29 is 0 Å². The van der Waals surface area contributed by atoms with E-state index in [0.29, 0.717) is 0 Å². The molecule has 3 rings (SSSR count). The zero-order chi connectivity index (χ0) is 13.9. The van der Waals surface area contributed by atoms with Gasteiger partial charge in [0.15, 0.2) is 0 Å². The van der Waals surface area contributed by atoms with Crippen LogP contribution in [0.2, 0.25) is 0 Å². The maximum Gasteiger partial charge on any atom is 0.0696 e. The van der Waals surface area contributed by atoms with Gasteiger partial charge in [0.25, 0.3) is 0 Å². The molecular weight excluding hydrogens is 350 g/mol. The van der Waals surface area contributed by atoms with Crippen LogP contribution in [0.1, 0.15) is 29.8 Å². The van der Waals surface area contributed by atoms with Gasteiger partial charge in [-0.1, -0.05) is 25.1 Å². The standard InChI is InChI=1S/C16H16BrNS2/c1-2-8-18-14(16-13(17)7-10-20-16)12-5-3-4-11-6-9-19-15(11)12/h3-7,9-10,14,18H,2,8H2,1H3. The third kappa shape index (κ3) is 2.70. The van der Waals surface area contributed by atoms with Crippen LogP contribution >= 0.6 is 38.6 Å². The van der Waals surface area contributed by atoms with E-state index in [9.17, 15) is 0 Å². The summed E-state index contributed by atoms with van der Waals surface area (Å²) in [6.07, 6.45) is 1.14. The van der Waals surface area contributed by atoms with E-state index in [0.717, 1.165) is 13.0 Å². The molecule has 3 aromatic rings. The molecule has 0 aliphatic rings. The molecule has 0 saturated heterocycles. The van der Waals surface area contributed by atoms with Gasteiger partial charge in [0, 0.05) is 14.0 Å². The minimum atomic E-state index is 0.270. The Hall–Kier alpha value is -0.680. The summed E-state index contributed by atoms with van der Waals surface area (Å²) in [5.41, 5.74) is 1.38. The normalized spacial score (nSPS) is 12.9. The predicted molar refractivity (Wildman–Crippen MR) is 94.0 cm³/mol. The van der Waals surface area contributed by atoms with E-state index in [1.165, 1.54) is 25.0 Å². The number of thiophene rings is 2. The number of halogens is 1. The van der Waals surface area contributed by atoms with E-state index in [4.69, 9.17) is 0 Å². The van der Waals surface area contributed by atoms with E-state index < -0.39 is 0 Å². The quantitative estimate of drug-likeness (QED) is 0.600. The van der Waals surface area contributed by atoms with Crippen LogP contribution < -0.4 is 5.32 Å². The molecular formula is C16H16BrNS2. The third-order valence-electron chi connectivity index (χ3n) is 3.33. The number of rotatable bonds is 5. The monoisotopic (exact) mass is 365 g/mol. The number of hydrogen-bond donors (Lipinski definition) is 1. The average Bonchev–Trinajstić information content (AvgIpc) is 3.09. The van der Waals surface area contributed by atoms with Crippen molar-refractivity contribution in [3.63, 3.8) is 0 Å². The fourth-order valence-corrected chi connectivity index (χ4v) is 5.03. The van der Waals surface area contributed by atoms with Crippen LogP contribution in [0.4, 0.5) is 0 Å². The lowest BCUT2D eigenvalue weighted by atomic mass is 10.0. The highest BCUT2D eigenvalue weighted by molar-refractivity contribution is 9.10. The Labute approximate surface area is 135 Å². The second kappa shape index (κ2) is 6.39. The molecule has 0 aliphatic carbocycles. The molecule has 1 aromatic carbocycles. The Morgan fingerprint density at radius 2 is 2.00 bits per heavy atom. The minimum absolute atomic E-state index is 0.270. The molecule has 1 unspecified atom stereocenters. The lowest BCUT2D eigenvalue weighted by Gasteiger charge is -2.19. The van der Waals surface area contributed by atoms with Crippen LogP contribution in [0.3, 0.4) is 0 Å². The molecule has 0 aliphatic heterocycles. The highest BCUT2D eigenvalue weighted by atomic mass is 79.9. The summed E-state index contributed by atoms with van der Waals surface area (Å²) in [4.78, 5) is 1.36. The van der Waals surface area contributed by atoms with Gasteiger partial charge in [-0.3, -0.25) is 0 Å². The first-order chi connectivity index (χ1) is 9.81. The molecule has 20 heavy (non-hydrogen) atoms. The maximum absolute atomic E-state index is 3.70. The third-order valence-corrected chi connectivity index (χ3v) is 6.24. The summed E-state index contributed by atoms with van der Waals surface area (Å²) in [5, 5.41) is 9.36. The summed E-state index contributed by atoms with van der Waals surface area (Å²) in [5.74, 6) is 0. The van der Waals surface area contributed by atoms with Gasteiger partial charge >= 0.3 is 0 Å². The van der Waals surface area contributed by atoms with Crippen molar-refractivity contribution in [3.8, 4) is 0 Å². The zero-order valence-corrected chi connectivity index (χ0v) is 14.4. The topological polar surface area (TPSA) is 12.0 Å². The van der Waals surface area contributed by atoms with Crippen molar-refractivity contribution in [1.82, 2.24) is 5.32 Å². The summed E-state index contributed by atoms with van der Waals surface area (Å²) < 4.78 is 2.59. The Morgan fingerprint density at radius 3 is 2.75 bits per heavy atom. The van der Waals surface area contributed by atoms with Gasteiger partial charge in [0.1, 0.15) is 0 Å². The maximum atomic E-state index is 3.70. The van der Waals surface area contributed by atoms with Crippen molar-refractivity contribution in [2.75, 3.05) is 6.54 Å². The van der Waals surface area contributed by atoms with Gasteiger partial charge in [-0.15, -0.1) is 22.7 Å². The molecule has 2 aromatic heterocycles. The smallest absolute Gasteiger partial charge is 0.0696 e. The second-order valence-corrected chi connectivity index (χ2v) is 7.42. The number of benzene rings is 1. The molecule has 1 nitrogen and oxygen atoms in total. The summed E-state index contributed by atoms with van der Waals surface area (Å²) in [7, 11) is 0. The Kier molecular flexibility index (Phi) is 4.56. The first kappa shape index (κ1) is 14.3. The summed E-state index contributed by atoms with van der Waals surface area (Å²) in [6.45, 7) is 3.23. The lowest BCUT2D eigenvalue weighted by Crippen LogP contribution is -2.22. The fraction of sp³-hybridized carbons (Fsp3) is 0.250. The largest absolute Gasteiger partial charge is 0.306 e. The van der Waals surface area contributed by atoms with Crippen LogP contribution in [-0.4, -0.2) is 6.54 Å². The van der Waals surface area contributed by atoms with Crippen molar-refractivity contribution in [2.45, 2.75) is 19.4 Å². The number of fused-ring (bicyclic) bond motifs is 1. The molecule has 0 bridgehead atoms. The first-order valence-electron chi connectivity index (χ1n) is 6.73. The van der Waals surface area contributed by atoms with Gasteiger partial charge in [-0.2, -0.15) is 0 Å². The molecule has 1 atom stereocenters. The summed E-state index contributed by atoms with van der Waals surface area (Å²) >= 11 is 7.32. The van der Waals surface area contributed by atoms with Crippen LogP contribution in [0, 0.1) is 0 Å². The number of hydrogen-bond acceptors (Lipinski definition) is 3. The molecule has 0 saturated carbocycles. The predicted octanol–water partition coefficient (Wildman–Crippen LogP) is 5.81. The molecule has 2 heterocycles. The molecule has 1 N–H and O–H groups in total. The minimum Gasteiger partial charge on any atom is -0.306 e. The molecule has 104 valence electrons. The first-order valence-corrected chi connectivity index (χ1v) is 9.29. The zero-order valence-electron chi connectivity index (χ0n) is 11.2. The van der Waals surface area contributed by atoms with Crippen molar-refractivity contribution in [2.24, 2.45) is 0 Å². The number of nitrogens with one attached hydrogen (secondary N) is 1. The van der Waals surface area contributed by atoms with Crippen LogP contribution in [0.15, 0.2) is 45.6 Å². The average molecular weight is 366 g/mol. The lowest BCUT2D eigenvalue weighted by molar-refractivity contribution is 0.608.